The first-order valence-electron chi connectivity index (χ1n) is 8.69. The van der Waals surface area contributed by atoms with Gasteiger partial charge in [-0.15, -0.1) is 0 Å². The lowest BCUT2D eigenvalue weighted by molar-refractivity contribution is 0.0853. The average molecular weight is 340 g/mol. The number of benzene rings is 1. The zero-order chi connectivity index (χ0) is 17.6. The van der Waals surface area contributed by atoms with Crippen LogP contribution in [0.3, 0.4) is 0 Å². The van der Waals surface area contributed by atoms with Crippen LogP contribution >= 0.6 is 0 Å². The fourth-order valence-electron chi connectivity index (χ4n) is 2.87. The summed E-state index contributed by atoms with van der Waals surface area (Å²) in [6, 6.07) is 11.8. The summed E-state index contributed by atoms with van der Waals surface area (Å²) < 4.78 is 5.53. The molecule has 132 valence electrons. The minimum atomic E-state index is -0.198. The van der Waals surface area contributed by atoms with Crippen molar-refractivity contribution in [2.75, 3.05) is 18.5 Å². The van der Waals surface area contributed by atoms with Crippen molar-refractivity contribution in [3.8, 4) is 0 Å². The van der Waals surface area contributed by atoms with Crippen LogP contribution in [0.4, 0.5) is 5.95 Å². The molecule has 0 bridgehead atoms. The van der Waals surface area contributed by atoms with Gasteiger partial charge in [-0.1, -0.05) is 30.3 Å². The molecule has 2 aromatic rings. The van der Waals surface area contributed by atoms with E-state index in [9.17, 15) is 4.79 Å². The fraction of sp³-hybridized carbons (Fsp3) is 0.421. The molecule has 0 saturated carbocycles. The summed E-state index contributed by atoms with van der Waals surface area (Å²) in [5.41, 5.74) is 2.25. The molecular formula is C19H24N4O2. The lowest BCUT2D eigenvalue weighted by Crippen LogP contribution is -2.32. The van der Waals surface area contributed by atoms with Crippen molar-refractivity contribution in [1.82, 2.24) is 15.3 Å². The summed E-state index contributed by atoms with van der Waals surface area (Å²) in [7, 11) is 0. The minimum absolute atomic E-state index is 0.0470. The Balaban J connectivity index is 1.66. The van der Waals surface area contributed by atoms with Gasteiger partial charge in [0, 0.05) is 18.8 Å². The predicted octanol–water partition coefficient (Wildman–Crippen LogP) is 2.87. The van der Waals surface area contributed by atoms with E-state index in [1.54, 1.807) is 6.07 Å². The fourth-order valence-corrected chi connectivity index (χ4v) is 2.87. The SMILES string of the molecule is Cc1cc(C(=O)NCC2CCCO2)nc(NC(C)c2ccccc2)n1. The largest absolute Gasteiger partial charge is 0.376 e. The van der Waals surface area contributed by atoms with Crippen LogP contribution in [-0.4, -0.2) is 35.1 Å². The number of carbonyl (C=O) groups excluding carboxylic acids is 1. The molecule has 2 atom stereocenters. The highest BCUT2D eigenvalue weighted by molar-refractivity contribution is 5.92. The number of hydrogen-bond acceptors (Lipinski definition) is 5. The quantitative estimate of drug-likeness (QED) is 0.846. The van der Waals surface area contributed by atoms with Crippen LogP contribution in [0, 0.1) is 6.92 Å². The van der Waals surface area contributed by atoms with E-state index in [1.165, 1.54) is 0 Å². The molecule has 0 aliphatic carbocycles. The maximum absolute atomic E-state index is 12.4. The summed E-state index contributed by atoms with van der Waals surface area (Å²) in [6.45, 7) is 5.19. The molecule has 25 heavy (non-hydrogen) atoms. The number of nitrogens with zero attached hydrogens (tertiary/aromatic N) is 2. The van der Waals surface area contributed by atoms with Crippen molar-refractivity contribution in [2.24, 2.45) is 0 Å². The standard InChI is InChI=1S/C19H24N4O2/c1-13-11-17(18(24)20-12-16-9-6-10-25-16)23-19(21-13)22-14(2)15-7-4-3-5-8-15/h3-5,7-8,11,14,16H,6,9-10,12H2,1-2H3,(H,20,24)(H,21,22,23). The van der Waals surface area contributed by atoms with Gasteiger partial charge in [-0.3, -0.25) is 4.79 Å². The summed E-state index contributed by atoms with van der Waals surface area (Å²) in [6.07, 6.45) is 2.16. The average Bonchev–Trinajstić information content (AvgIpc) is 3.13. The number of ether oxygens (including phenoxy) is 1. The van der Waals surface area contributed by atoms with Crippen molar-refractivity contribution in [3.63, 3.8) is 0 Å². The van der Waals surface area contributed by atoms with Gasteiger partial charge in [0.05, 0.1) is 12.1 Å². The molecule has 3 rings (SSSR count). The summed E-state index contributed by atoms with van der Waals surface area (Å²) in [5, 5.41) is 6.16. The lowest BCUT2D eigenvalue weighted by Gasteiger charge is -2.15. The second kappa shape index (κ2) is 8.07. The highest BCUT2D eigenvalue weighted by Crippen LogP contribution is 2.17. The maximum atomic E-state index is 12.4. The third kappa shape index (κ3) is 4.76. The molecule has 1 fully saturated rings. The Morgan fingerprint density at radius 3 is 2.84 bits per heavy atom. The number of hydrogen-bond donors (Lipinski definition) is 2. The van der Waals surface area contributed by atoms with Gasteiger partial charge in [0.25, 0.3) is 5.91 Å². The van der Waals surface area contributed by atoms with Crippen molar-refractivity contribution < 1.29 is 9.53 Å². The van der Waals surface area contributed by atoms with Gasteiger partial charge in [-0.05, 0) is 38.3 Å². The van der Waals surface area contributed by atoms with Gasteiger partial charge in [-0.25, -0.2) is 9.97 Å². The molecule has 6 heteroatoms. The first kappa shape index (κ1) is 17.4. The third-order valence-corrected chi connectivity index (χ3v) is 4.25. The van der Waals surface area contributed by atoms with E-state index in [4.69, 9.17) is 4.74 Å². The van der Waals surface area contributed by atoms with E-state index in [0.717, 1.165) is 30.7 Å². The topological polar surface area (TPSA) is 76.1 Å². The summed E-state index contributed by atoms with van der Waals surface area (Å²) in [4.78, 5) is 21.1. The Bertz CT molecular complexity index is 715. The Hall–Kier alpha value is -2.47. The van der Waals surface area contributed by atoms with E-state index >= 15 is 0 Å². The van der Waals surface area contributed by atoms with Crippen LogP contribution in [-0.2, 0) is 4.74 Å². The van der Waals surface area contributed by atoms with E-state index in [-0.39, 0.29) is 18.1 Å². The first-order valence-corrected chi connectivity index (χ1v) is 8.69. The number of amides is 1. The van der Waals surface area contributed by atoms with Crippen LogP contribution in [0.2, 0.25) is 0 Å². The summed E-state index contributed by atoms with van der Waals surface area (Å²) >= 11 is 0. The first-order chi connectivity index (χ1) is 12.1. The summed E-state index contributed by atoms with van der Waals surface area (Å²) in [5.74, 6) is 0.259. The smallest absolute Gasteiger partial charge is 0.270 e. The van der Waals surface area contributed by atoms with Crippen molar-refractivity contribution >= 4 is 11.9 Å². The molecule has 1 aliphatic heterocycles. The Labute approximate surface area is 148 Å². The molecule has 1 amide bonds. The number of aromatic nitrogens is 2. The van der Waals surface area contributed by atoms with Crippen LogP contribution < -0.4 is 10.6 Å². The second-order valence-electron chi connectivity index (χ2n) is 6.34. The molecular weight excluding hydrogens is 316 g/mol. The molecule has 1 aromatic carbocycles. The minimum Gasteiger partial charge on any atom is -0.376 e. The molecule has 2 heterocycles. The van der Waals surface area contributed by atoms with E-state index < -0.39 is 0 Å². The highest BCUT2D eigenvalue weighted by Gasteiger charge is 2.18. The van der Waals surface area contributed by atoms with Crippen LogP contribution in [0.1, 0.15) is 47.6 Å². The highest BCUT2D eigenvalue weighted by atomic mass is 16.5. The predicted molar refractivity (Wildman–Crippen MR) is 96.6 cm³/mol. The Morgan fingerprint density at radius 2 is 2.12 bits per heavy atom. The monoisotopic (exact) mass is 340 g/mol. The van der Waals surface area contributed by atoms with Gasteiger partial charge in [-0.2, -0.15) is 0 Å². The zero-order valence-corrected chi connectivity index (χ0v) is 14.7. The molecule has 1 aromatic heterocycles. The van der Waals surface area contributed by atoms with Gasteiger partial charge in [0.2, 0.25) is 5.95 Å². The normalized spacial score (nSPS) is 17.9. The molecule has 2 N–H and O–H groups in total. The van der Waals surface area contributed by atoms with Crippen molar-refractivity contribution in [3.05, 3.63) is 53.3 Å². The third-order valence-electron chi connectivity index (χ3n) is 4.25. The Kier molecular flexibility index (Phi) is 5.60. The second-order valence-corrected chi connectivity index (χ2v) is 6.34. The molecule has 0 spiro atoms. The van der Waals surface area contributed by atoms with E-state index in [0.29, 0.717) is 18.2 Å². The maximum Gasteiger partial charge on any atom is 0.270 e. The Morgan fingerprint density at radius 1 is 1.32 bits per heavy atom. The molecule has 1 aliphatic rings. The van der Waals surface area contributed by atoms with Gasteiger partial charge >= 0.3 is 0 Å². The van der Waals surface area contributed by atoms with Gasteiger partial charge < -0.3 is 15.4 Å². The van der Waals surface area contributed by atoms with E-state index in [2.05, 4.69) is 20.6 Å². The number of aryl methyl sites for hydroxylation is 1. The van der Waals surface area contributed by atoms with Gasteiger partial charge in [0.15, 0.2) is 0 Å². The zero-order valence-electron chi connectivity index (χ0n) is 14.7. The van der Waals surface area contributed by atoms with Crippen LogP contribution in [0.5, 0.6) is 0 Å². The molecule has 1 saturated heterocycles. The van der Waals surface area contributed by atoms with Gasteiger partial charge in [0.1, 0.15) is 5.69 Å². The van der Waals surface area contributed by atoms with Crippen LogP contribution in [0.25, 0.3) is 0 Å². The molecule has 6 nitrogen and oxygen atoms in total. The number of rotatable bonds is 6. The molecule has 2 unspecified atom stereocenters. The number of anilines is 1. The lowest BCUT2D eigenvalue weighted by atomic mass is 10.1. The molecule has 0 radical (unpaired) electrons. The van der Waals surface area contributed by atoms with Crippen molar-refractivity contribution in [1.29, 1.82) is 0 Å². The van der Waals surface area contributed by atoms with Crippen LogP contribution in [0.15, 0.2) is 36.4 Å². The van der Waals surface area contributed by atoms with E-state index in [1.807, 2.05) is 44.2 Å². The number of nitrogens with one attached hydrogen (secondary N) is 2. The number of carbonyl (C=O) groups is 1. The van der Waals surface area contributed by atoms with Crippen molar-refractivity contribution in [2.45, 2.75) is 38.8 Å².